The first kappa shape index (κ1) is 13.2. The van der Waals surface area contributed by atoms with E-state index in [-0.39, 0.29) is 17.8 Å². The van der Waals surface area contributed by atoms with Crippen molar-refractivity contribution in [3.05, 3.63) is 40.6 Å². The van der Waals surface area contributed by atoms with Gasteiger partial charge in [-0.25, -0.2) is 4.79 Å². The summed E-state index contributed by atoms with van der Waals surface area (Å²) in [7, 11) is 0. The largest absolute Gasteiger partial charge is 0.478 e. The van der Waals surface area contributed by atoms with E-state index in [4.69, 9.17) is 9.47 Å². The maximum atomic E-state index is 11.4. The quantitative estimate of drug-likeness (QED) is 0.750. The molecule has 0 aliphatic heterocycles. The van der Waals surface area contributed by atoms with E-state index < -0.39 is 11.6 Å². The van der Waals surface area contributed by atoms with E-state index in [0.29, 0.717) is 0 Å². The molecule has 0 aromatic heterocycles. The molecule has 0 radical (unpaired) electrons. The third-order valence-electron chi connectivity index (χ3n) is 1.73. The second-order valence-electron chi connectivity index (χ2n) is 4.51. The zero-order valence-corrected chi connectivity index (χ0v) is 10.2. The number of hydrogen-bond donors (Lipinski definition) is 0. The Kier molecular flexibility index (Phi) is 4.26. The fourth-order valence-corrected chi connectivity index (χ4v) is 1.14. The highest BCUT2D eigenvalue weighted by molar-refractivity contribution is 5.71. The molecule has 1 aromatic carbocycles. The molecule has 0 N–H and O–H groups in total. The van der Waals surface area contributed by atoms with Crippen LogP contribution in [-0.4, -0.2) is 18.2 Å². The van der Waals surface area contributed by atoms with Crippen LogP contribution in [0.25, 0.3) is 0 Å². The fourth-order valence-electron chi connectivity index (χ4n) is 1.14. The predicted molar refractivity (Wildman–Crippen MR) is 64.1 cm³/mol. The van der Waals surface area contributed by atoms with Gasteiger partial charge in [0, 0.05) is 0 Å². The van der Waals surface area contributed by atoms with Gasteiger partial charge in [-0.2, -0.15) is 0 Å². The van der Waals surface area contributed by atoms with Crippen LogP contribution in [0.5, 0.6) is 5.75 Å². The zero-order valence-electron chi connectivity index (χ0n) is 10.2. The molecule has 1 rings (SSSR count). The highest BCUT2D eigenvalue weighted by Crippen LogP contribution is 2.07. The molecule has 4 heteroatoms. The van der Waals surface area contributed by atoms with Crippen molar-refractivity contribution < 1.29 is 14.3 Å². The Morgan fingerprint density at radius 3 is 2.47 bits per heavy atom. The van der Waals surface area contributed by atoms with Crippen molar-refractivity contribution in [2.24, 2.45) is 0 Å². The van der Waals surface area contributed by atoms with Crippen LogP contribution >= 0.6 is 0 Å². The Hall–Kier alpha value is -1.84. The Morgan fingerprint density at radius 1 is 1.18 bits per heavy atom. The summed E-state index contributed by atoms with van der Waals surface area (Å²) in [6, 6.07) is 7.90. The van der Waals surface area contributed by atoms with Crippen LogP contribution in [0.2, 0.25) is 0 Å². The van der Waals surface area contributed by atoms with Crippen LogP contribution in [-0.2, 0) is 9.53 Å². The van der Waals surface area contributed by atoms with Crippen molar-refractivity contribution in [3.8, 4) is 5.75 Å². The minimum atomic E-state index is -0.553. The first-order valence-electron chi connectivity index (χ1n) is 5.32. The number of hydrogen-bond acceptors (Lipinski definition) is 4. The SMILES string of the molecule is CC(C)(C)OC(=O)COc1cccccc1=O. The minimum Gasteiger partial charge on any atom is -0.478 e. The lowest BCUT2D eigenvalue weighted by Gasteiger charge is -2.19. The zero-order chi connectivity index (χ0) is 12.9. The average molecular weight is 236 g/mol. The van der Waals surface area contributed by atoms with Gasteiger partial charge in [-0.1, -0.05) is 18.2 Å². The first-order chi connectivity index (χ1) is 7.88. The topological polar surface area (TPSA) is 52.6 Å². The van der Waals surface area contributed by atoms with Gasteiger partial charge < -0.3 is 9.47 Å². The van der Waals surface area contributed by atoms with Gasteiger partial charge in [0.1, 0.15) is 5.60 Å². The highest BCUT2D eigenvalue weighted by Gasteiger charge is 2.16. The molecule has 0 saturated carbocycles. The number of ether oxygens (including phenoxy) is 2. The molecule has 4 nitrogen and oxygen atoms in total. The summed E-state index contributed by atoms with van der Waals surface area (Å²) >= 11 is 0. The van der Waals surface area contributed by atoms with E-state index >= 15 is 0 Å². The maximum Gasteiger partial charge on any atom is 0.344 e. The van der Waals surface area contributed by atoms with E-state index in [1.54, 1.807) is 39.0 Å². The van der Waals surface area contributed by atoms with E-state index in [2.05, 4.69) is 0 Å². The summed E-state index contributed by atoms with van der Waals surface area (Å²) in [5, 5.41) is 0. The van der Waals surface area contributed by atoms with E-state index in [0.717, 1.165) is 0 Å². The second-order valence-corrected chi connectivity index (χ2v) is 4.51. The number of esters is 1. The molecule has 0 amide bonds. The second kappa shape index (κ2) is 5.48. The van der Waals surface area contributed by atoms with Crippen LogP contribution in [0.3, 0.4) is 0 Å². The van der Waals surface area contributed by atoms with Crippen molar-refractivity contribution in [2.75, 3.05) is 6.61 Å². The van der Waals surface area contributed by atoms with Crippen LogP contribution in [0, 0.1) is 0 Å². The van der Waals surface area contributed by atoms with Crippen LogP contribution in [0.4, 0.5) is 0 Å². The molecule has 0 saturated heterocycles. The third-order valence-corrected chi connectivity index (χ3v) is 1.73. The van der Waals surface area contributed by atoms with Gasteiger partial charge in [0.2, 0.25) is 5.43 Å². The molecule has 1 aromatic rings. The average Bonchev–Trinajstić information content (AvgIpc) is 2.37. The van der Waals surface area contributed by atoms with Crippen molar-refractivity contribution in [1.29, 1.82) is 0 Å². The van der Waals surface area contributed by atoms with Crippen LogP contribution < -0.4 is 10.2 Å². The molecule has 92 valence electrons. The van der Waals surface area contributed by atoms with Crippen LogP contribution in [0.1, 0.15) is 20.8 Å². The monoisotopic (exact) mass is 236 g/mol. The standard InChI is InChI=1S/C13H16O4/c1-13(2,3)17-12(15)9-16-11-8-6-4-5-7-10(11)14/h4-8H,9H2,1-3H3. The summed E-state index contributed by atoms with van der Waals surface area (Å²) in [4.78, 5) is 22.8. The van der Waals surface area contributed by atoms with Gasteiger partial charge in [0.25, 0.3) is 0 Å². The van der Waals surface area contributed by atoms with Crippen molar-refractivity contribution in [1.82, 2.24) is 0 Å². The van der Waals surface area contributed by atoms with E-state index in [9.17, 15) is 9.59 Å². The Labute approximate surface area is 100 Å². The Morgan fingerprint density at radius 2 is 1.82 bits per heavy atom. The smallest absolute Gasteiger partial charge is 0.344 e. The summed E-state index contributed by atoms with van der Waals surface area (Å²) in [6.45, 7) is 5.04. The van der Waals surface area contributed by atoms with Gasteiger partial charge in [-0.15, -0.1) is 0 Å². The fraction of sp³-hybridized carbons (Fsp3) is 0.385. The van der Waals surface area contributed by atoms with Crippen molar-refractivity contribution in [2.45, 2.75) is 26.4 Å². The molecule has 17 heavy (non-hydrogen) atoms. The molecule has 0 unspecified atom stereocenters. The number of rotatable bonds is 3. The normalized spacial score (nSPS) is 10.8. The molecule has 0 aliphatic carbocycles. The predicted octanol–water partition coefficient (Wildman–Crippen LogP) is 1.77. The lowest BCUT2D eigenvalue weighted by molar-refractivity contribution is -0.157. The third kappa shape index (κ3) is 5.15. The summed E-state index contributed by atoms with van der Waals surface area (Å²) < 4.78 is 10.2. The summed E-state index contributed by atoms with van der Waals surface area (Å²) in [6.07, 6.45) is 0. The van der Waals surface area contributed by atoms with E-state index in [1.165, 1.54) is 12.1 Å². The molecular weight excluding hydrogens is 220 g/mol. The summed E-state index contributed by atoms with van der Waals surface area (Å²) in [5.41, 5.74) is -0.819. The minimum absolute atomic E-state index is 0.140. The van der Waals surface area contributed by atoms with Crippen molar-refractivity contribution in [3.63, 3.8) is 0 Å². The molecular formula is C13H16O4. The first-order valence-corrected chi connectivity index (χ1v) is 5.32. The molecule has 0 spiro atoms. The Bertz CT molecular complexity index is 446. The van der Waals surface area contributed by atoms with Crippen molar-refractivity contribution >= 4 is 5.97 Å². The molecule has 0 bridgehead atoms. The van der Waals surface area contributed by atoms with Gasteiger partial charge in [0.05, 0.1) is 0 Å². The molecule has 0 aliphatic rings. The van der Waals surface area contributed by atoms with Gasteiger partial charge >= 0.3 is 5.97 Å². The molecule has 0 atom stereocenters. The summed E-state index contributed by atoms with van der Waals surface area (Å²) in [5.74, 6) is -0.357. The molecule has 0 heterocycles. The molecule has 0 fully saturated rings. The van der Waals surface area contributed by atoms with E-state index in [1.807, 2.05) is 0 Å². The van der Waals surface area contributed by atoms with Gasteiger partial charge in [0.15, 0.2) is 12.4 Å². The Balaban J connectivity index is 2.60. The lowest BCUT2D eigenvalue weighted by Crippen LogP contribution is -2.27. The van der Waals surface area contributed by atoms with Crippen LogP contribution in [0.15, 0.2) is 35.1 Å². The maximum absolute atomic E-state index is 11.4. The number of carbonyl (C=O) groups excluding carboxylic acids is 1. The van der Waals surface area contributed by atoms with Gasteiger partial charge in [-0.3, -0.25) is 4.79 Å². The van der Waals surface area contributed by atoms with Gasteiger partial charge in [-0.05, 0) is 32.9 Å². The highest BCUT2D eigenvalue weighted by atomic mass is 16.6. The number of carbonyl (C=O) groups is 1. The lowest BCUT2D eigenvalue weighted by atomic mass is 10.2.